The summed E-state index contributed by atoms with van der Waals surface area (Å²) in [6, 6.07) is 1.77. The van der Waals surface area contributed by atoms with E-state index in [1.54, 1.807) is 18.5 Å². The Balaban J connectivity index is 2.72. The maximum Gasteiger partial charge on any atom is 0.149 e. The topological polar surface area (TPSA) is 38.1 Å². The minimum absolute atomic E-state index is 0.501. The Labute approximate surface area is 53.5 Å². The van der Waals surface area contributed by atoms with Crippen molar-refractivity contribution in [3.8, 4) is 0 Å². The van der Waals surface area contributed by atoms with Gasteiger partial charge in [0.1, 0.15) is 5.82 Å². The number of hydrogen-bond donors (Lipinski definition) is 0. The van der Waals surface area contributed by atoms with Crippen LogP contribution in [-0.2, 0) is 6.54 Å². The Hall–Kier alpha value is -1.25. The minimum Gasteiger partial charge on any atom is -0.293 e. The smallest absolute Gasteiger partial charge is 0.149 e. The van der Waals surface area contributed by atoms with E-state index in [0.717, 1.165) is 0 Å². The molecule has 0 aliphatic carbocycles. The zero-order valence-electron chi connectivity index (χ0n) is 4.99. The molecule has 1 rings (SSSR count). The first-order valence-electron chi connectivity index (χ1n) is 2.62. The summed E-state index contributed by atoms with van der Waals surface area (Å²) in [5.74, 6) is 0.715. The molecule has 0 amide bonds. The van der Waals surface area contributed by atoms with Crippen LogP contribution in [0.3, 0.4) is 0 Å². The number of aliphatic imine (C=N–C) groups is 1. The third-order valence-electron chi connectivity index (χ3n) is 0.872. The minimum atomic E-state index is 0.501. The molecule has 0 saturated heterocycles. The van der Waals surface area contributed by atoms with Gasteiger partial charge in [-0.2, -0.15) is 0 Å². The van der Waals surface area contributed by atoms with Crippen LogP contribution in [0.15, 0.2) is 23.5 Å². The van der Waals surface area contributed by atoms with Crippen LogP contribution in [0, 0.1) is 0 Å². The van der Waals surface area contributed by atoms with Gasteiger partial charge in [0.2, 0.25) is 0 Å². The molecule has 0 fully saturated rings. The molecule has 0 aromatic carbocycles. The van der Waals surface area contributed by atoms with Gasteiger partial charge in [0, 0.05) is 12.4 Å². The molecular weight excluding hydrogens is 114 g/mol. The van der Waals surface area contributed by atoms with Crippen LogP contribution in [0.4, 0.5) is 0 Å². The van der Waals surface area contributed by atoms with E-state index < -0.39 is 0 Å². The van der Waals surface area contributed by atoms with E-state index >= 15 is 0 Å². The van der Waals surface area contributed by atoms with Gasteiger partial charge in [-0.3, -0.25) is 4.99 Å². The summed E-state index contributed by atoms with van der Waals surface area (Å²) in [6.07, 6.45) is 3.38. The van der Waals surface area contributed by atoms with Crippen molar-refractivity contribution in [3.05, 3.63) is 24.3 Å². The fourth-order valence-corrected chi connectivity index (χ4v) is 0.512. The van der Waals surface area contributed by atoms with Crippen LogP contribution < -0.4 is 0 Å². The lowest BCUT2D eigenvalue weighted by Crippen LogP contribution is -1.88. The van der Waals surface area contributed by atoms with Crippen molar-refractivity contribution in [2.24, 2.45) is 4.99 Å². The summed E-state index contributed by atoms with van der Waals surface area (Å²) < 4.78 is 0. The lowest BCUT2D eigenvalue weighted by Gasteiger charge is -1.88. The highest BCUT2D eigenvalue weighted by Crippen LogP contribution is 1.87. The molecule has 0 aliphatic rings. The Morgan fingerprint density at radius 1 is 1.44 bits per heavy atom. The maximum absolute atomic E-state index is 3.92. The van der Waals surface area contributed by atoms with Crippen LogP contribution in [0.1, 0.15) is 5.82 Å². The van der Waals surface area contributed by atoms with Crippen molar-refractivity contribution in [2.75, 3.05) is 0 Å². The monoisotopic (exact) mass is 121 g/mol. The zero-order valence-corrected chi connectivity index (χ0v) is 4.99. The molecule has 3 nitrogen and oxygen atoms in total. The highest BCUT2D eigenvalue weighted by molar-refractivity contribution is 5.23. The third-order valence-corrected chi connectivity index (χ3v) is 0.872. The average molecular weight is 121 g/mol. The maximum atomic E-state index is 3.92. The molecule has 46 valence electrons. The van der Waals surface area contributed by atoms with Crippen molar-refractivity contribution >= 4 is 6.72 Å². The Morgan fingerprint density at radius 2 is 2.11 bits per heavy atom. The SMILES string of the molecule is C=NCc1ncccn1. The third kappa shape index (κ3) is 1.60. The first-order chi connectivity index (χ1) is 4.43. The predicted molar refractivity (Wildman–Crippen MR) is 35.3 cm³/mol. The van der Waals surface area contributed by atoms with Crippen molar-refractivity contribution in [2.45, 2.75) is 6.54 Å². The van der Waals surface area contributed by atoms with Crippen molar-refractivity contribution in [3.63, 3.8) is 0 Å². The second kappa shape index (κ2) is 2.91. The van der Waals surface area contributed by atoms with E-state index in [9.17, 15) is 0 Å². The number of aromatic nitrogens is 2. The van der Waals surface area contributed by atoms with Gasteiger partial charge in [-0.1, -0.05) is 0 Å². The molecule has 0 spiro atoms. The van der Waals surface area contributed by atoms with Crippen molar-refractivity contribution in [1.82, 2.24) is 9.97 Å². The van der Waals surface area contributed by atoms with Gasteiger partial charge in [-0.15, -0.1) is 0 Å². The Bertz CT molecular complexity index is 183. The fraction of sp³-hybridized carbons (Fsp3) is 0.167. The van der Waals surface area contributed by atoms with Gasteiger partial charge >= 0.3 is 0 Å². The first kappa shape index (κ1) is 5.88. The van der Waals surface area contributed by atoms with Crippen LogP contribution >= 0.6 is 0 Å². The van der Waals surface area contributed by atoms with Crippen LogP contribution in [0.5, 0.6) is 0 Å². The van der Waals surface area contributed by atoms with Gasteiger partial charge in [0.25, 0.3) is 0 Å². The highest BCUT2D eigenvalue weighted by Gasteiger charge is 1.86. The first-order valence-corrected chi connectivity index (χ1v) is 2.62. The van der Waals surface area contributed by atoms with E-state index in [4.69, 9.17) is 0 Å². The summed E-state index contributed by atoms with van der Waals surface area (Å²) >= 11 is 0. The lowest BCUT2D eigenvalue weighted by atomic mass is 10.5. The lowest BCUT2D eigenvalue weighted by molar-refractivity contribution is 0.915. The highest BCUT2D eigenvalue weighted by atomic mass is 14.9. The van der Waals surface area contributed by atoms with Gasteiger partial charge in [0.05, 0.1) is 6.54 Å². The second-order valence-electron chi connectivity index (χ2n) is 1.55. The number of nitrogens with zero attached hydrogens (tertiary/aromatic N) is 3. The quantitative estimate of drug-likeness (QED) is 0.539. The van der Waals surface area contributed by atoms with E-state index in [1.165, 1.54) is 0 Å². The van der Waals surface area contributed by atoms with Gasteiger partial charge in [0.15, 0.2) is 0 Å². The Morgan fingerprint density at radius 3 is 2.67 bits per heavy atom. The molecular formula is C6H7N3. The molecule has 0 bridgehead atoms. The van der Waals surface area contributed by atoms with Gasteiger partial charge < -0.3 is 0 Å². The fourth-order valence-electron chi connectivity index (χ4n) is 0.512. The Kier molecular flexibility index (Phi) is 1.90. The molecule has 0 atom stereocenters. The molecule has 1 heterocycles. The molecule has 1 aromatic heterocycles. The average Bonchev–Trinajstić information content (AvgIpc) is 1.91. The number of rotatable bonds is 2. The summed E-state index contributed by atoms with van der Waals surface area (Å²) in [7, 11) is 0. The second-order valence-corrected chi connectivity index (χ2v) is 1.55. The summed E-state index contributed by atoms with van der Waals surface area (Å²) in [6.45, 7) is 3.83. The zero-order chi connectivity index (χ0) is 6.53. The summed E-state index contributed by atoms with van der Waals surface area (Å²) in [5.41, 5.74) is 0. The predicted octanol–water partition coefficient (Wildman–Crippen LogP) is 0.677. The molecule has 0 saturated carbocycles. The molecule has 9 heavy (non-hydrogen) atoms. The van der Waals surface area contributed by atoms with Crippen molar-refractivity contribution < 1.29 is 0 Å². The molecule has 1 aromatic rings. The van der Waals surface area contributed by atoms with Crippen LogP contribution in [0.25, 0.3) is 0 Å². The van der Waals surface area contributed by atoms with Crippen molar-refractivity contribution in [1.29, 1.82) is 0 Å². The van der Waals surface area contributed by atoms with E-state index in [-0.39, 0.29) is 0 Å². The van der Waals surface area contributed by atoms with E-state index in [1.807, 2.05) is 0 Å². The summed E-state index contributed by atoms with van der Waals surface area (Å²) in [5, 5.41) is 0. The van der Waals surface area contributed by atoms with Crippen LogP contribution in [0.2, 0.25) is 0 Å². The standard InChI is InChI=1S/C6H7N3/c1-7-5-6-8-3-2-4-9-6/h2-4H,1,5H2. The molecule has 0 N–H and O–H groups in total. The van der Waals surface area contributed by atoms with E-state index in [0.29, 0.717) is 12.4 Å². The summed E-state index contributed by atoms with van der Waals surface area (Å²) in [4.78, 5) is 11.5. The van der Waals surface area contributed by atoms with Crippen LogP contribution in [-0.4, -0.2) is 16.7 Å². The molecule has 0 aliphatic heterocycles. The van der Waals surface area contributed by atoms with E-state index in [2.05, 4.69) is 21.7 Å². The number of hydrogen-bond acceptors (Lipinski definition) is 3. The molecule has 0 radical (unpaired) electrons. The largest absolute Gasteiger partial charge is 0.293 e. The van der Waals surface area contributed by atoms with Gasteiger partial charge in [-0.25, -0.2) is 9.97 Å². The molecule has 0 unspecified atom stereocenters. The van der Waals surface area contributed by atoms with Gasteiger partial charge in [-0.05, 0) is 12.8 Å². The normalized spacial score (nSPS) is 8.89. The molecule has 3 heteroatoms.